The molecular weight excluding hydrogens is 250 g/mol. The average Bonchev–Trinajstić information content (AvgIpc) is 2.65. The van der Waals surface area contributed by atoms with E-state index in [0.29, 0.717) is 0 Å². The fourth-order valence-corrected chi connectivity index (χ4v) is 1.24. The third-order valence-electron chi connectivity index (χ3n) is 2.04. The maximum atomic E-state index is 11.8. The van der Waals surface area contributed by atoms with Gasteiger partial charge in [0.05, 0.1) is 13.1 Å². The zero-order chi connectivity index (χ0) is 13.7. The number of carboxylic acid groups (broad SMARTS) is 1. The highest BCUT2D eigenvalue weighted by Gasteiger charge is 2.14. The number of carboxylic acids is 1. The molecule has 3 N–H and O–H groups in total. The predicted molar refractivity (Wildman–Crippen MR) is 56.6 cm³/mol. The van der Waals surface area contributed by atoms with Crippen molar-refractivity contribution in [1.29, 1.82) is 0 Å². The Morgan fingerprint density at radius 2 is 2.11 bits per heavy atom. The third kappa shape index (κ3) is 4.04. The minimum Gasteiger partial charge on any atom is -0.478 e. The van der Waals surface area contributed by atoms with Gasteiger partial charge in [-0.25, -0.2) is 18.4 Å². The van der Waals surface area contributed by atoms with Crippen LogP contribution in [0.1, 0.15) is 21.9 Å². The Hall–Kier alpha value is -2.12. The third-order valence-corrected chi connectivity index (χ3v) is 2.04. The molecule has 18 heavy (non-hydrogen) atoms. The molecule has 100 valence electrons. The van der Waals surface area contributed by atoms with E-state index < -0.39 is 25.0 Å². The summed E-state index contributed by atoms with van der Waals surface area (Å²) in [6, 6.07) is 0.492. The molecule has 0 atom stereocenters. The zero-order valence-corrected chi connectivity index (χ0v) is 9.50. The Morgan fingerprint density at radius 1 is 1.44 bits per heavy atom. The first-order valence-corrected chi connectivity index (χ1v) is 5.02. The summed E-state index contributed by atoms with van der Waals surface area (Å²) in [5.41, 5.74) is -0.000196. The van der Waals surface area contributed by atoms with Gasteiger partial charge in [0.15, 0.2) is 0 Å². The van der Waals surface area contributed by atoms with E-state index in [1.54, 1.807) is 0 Å². The van der Waals surface area contributed by atoms with Crippen LogP contribution in [0.3, 0.4) is 0 Å². The van der Waals surface area contributed by atoms with E-state index in [0.717, 1.165) is 0 Å². The Kier molecular flexibility index (Phi) is 4.64. The summed E-state index contributed by atoms with van der Waals surface area (Å²) in [5, 5.41) is 13.0. The molecule has 0 aliphatic carbocycles. The quantitative estimate of drug-likeness (QED) is 0.747. The van der Waals surface area contributed by atoms with Crippen molar-refractivity contribution < 1.29 is 27.9 Å². The molecular formula is C10H12F2N2O4. The number of rotatable bonds is 5. The number of carbonyl (C=O) groups is 2. The average molecular weight is 262 g/mol. The minimum atomic E-state index is -2.62. The van der Waals surface area contributed by atoms with Crippen LogP contribution in [0.25, 0.3) is 0 Å². The van der Waals surface area contributed by atoms with Crippen LogP contribution in [0.2, 0.25) is 0 Å². The predicted octanol–water partition coefficient (Wildman–Crippen LogP) is 1.35. The molecule has 0 saturated carbocycles. The molecule has 1 aromatic heterocycles. The van der Waals surface area contributed by atoms with Gasteiger partial charge in [0.25, 0.3) is 6.43 Å². The second-order valence-electron chi connectivity index (χ2n) is 3.44. The van der Waals surface area contributed by atoms with Crippen molar-refractivity contribution in [3.63, 3.8) is 0 Å². The van der Waals surface area contributed by atoms with Crippen LogP contribution in [0, 0.1) is 6.92 Å². The zero-order valence-electron chi connectivity index (χ0n) is 9.50. The van der Waals surface area contributed by atoms with Crippen molar-refractivity contribution >= 4 is 12.0 Å². The van der Waals surface area contributed by atoms with Crippen molar-refractivity contribution in [1.82, 2.24) is 10.6 Å². The van der Waals surface area contributed by atoms with E-state index in [-0.39, 0.29) is 23.6 Å². The maximum absolute atomic E-state index is 11.8. The Morgan fingerprint density at radius 3 is 2.61 bits per heavy atom. The van der Waals surface area contributed by atoms with E-state index in [4.69, 9.17) is 9.52 Å². The van der Waals surface area contributed by atoms with Gasteiger partial charge in [-0.3, -0.25) is 0 Å². The van der Waals surface area contributed by atoms with Crippen LogP contribution in [-0.4, -0.2) is 30.1 Å². The van der Waals surface area contributed by atoms with Gasteiger partial charge in [0.2, 0.25) is 0 Å². The second-order valence-corrected chi connectivity index (χ2v) is 3.44. The lowest BCUT2D eigenvalue weighted by Crippen LogP contribution is -2.37. The highest BCUT2D eigenvalue weighted by molar-refractivity contribution is 5.88. The van der Waals surface area contributed by atoms with Gasteiger partial charge in [0, 0.05) is 0 Å². The molecule has 0 aromatic carbocycles. The van der Waals surface area contributed by atoms with Crippen LogP contribution in [0.4, 0.5) is 13.6 Å². The van der Waals surface area contributed by atoms with Gasteiger partial charge in [-0.1, -0.05) is 0 Å². The molecule has 0 aliphatic heterocycles. The summed E-state index contributed by atoms with van der Waals surface area (Å²) >= 11 is 0. The smallest absolute Gasteiger partial charge is 0.339 e. The summed E-state index contributed by atoms with van der Waals surface area (Å²) in [7, 11) is 0. The number of furan rings is 1. The number of urea groups is 1. The van der Waals surface area contributed by atoms with Gasteiger partial charge < -0.3 is 20.2 Å². The Labute approximate surface area is 101 Å². The monoisotopic (exact) mass is 262 g/mol. The molecule has 0 bridgehead atoms. The Balaban J connectivity index is 2.46. The molecule has 0 aliphatic rings. The van der Waals surface area contributed by atoms with E-state index in [1.807, 2.05) is 5.32 Å². The number of aromatic carboxylic acids is 1. The molecule has 1 heterocycles. The molecule has 0 saturated heterocycles. The number of halogens is 2. The summed E-state index contributed by atoms with van der Waals surface area (Å²) in [6.45, 7) is 0.649. The number of amides is 2. The summed E-state index contributed by atoms with van der Waals surface area (Å²) in [6.07, 6.45) is -2.62. The summed E-state index contributed by atoms with van der Waals surface area (Å²) in [5.74, 6) is -0.686. The topological polar surface area (TPSA) is 91.6 Å². The summed E-state index contributed by atoms with van der Waals surface area (Å²) < 4.78 is 28.6. The van der Waals surface area contributed by atoms with Gasteiger partial charge in [0.1, 0.15) is 17.1 Å². The standard InChI is InChI=1S/C10H12F2N2O4/c1-5-7(9(15)16)2-6(18-5)3-13-10(17)14-4-8(11)12/h2,8H,3-4H2,1H3,(H,15,16)(H2,13,14,17). The van der Waals surface area contributed by atoms with Gasteiger partial charge in [-0.15, -0.1) is 0 Å². The van der Waals surface area contributed by atoms with Crippen LogP contribution in [-0.2, 0) is 6.54 Å². The minimum absolute atomic E-state index is 0.000196. The molecule has 0 fully saturated rings. The number of carbonyl (C=O) groups excluding carboxylic acids is 1. The van der Waals surface area contributed by atoms with Crippen molar-refractivity contribution in [2.75, 3.05) is 6.54 Å². The second kappa shape index (κ2) is 5.99. The summed E-state index contributed by atoms with van der Waals surface area (Å²) in [4.78, 5) is 21.7. The van der Waals surface area contributed by atoms with Crippen molar-refractivity contribution in [2.24, 2.45) is 0 Å². The molecule has 8 heteroatoms. The number of aryl methyl sites for hydroxylation is 1. The fourth-order valence-electron chi connectivity index (χ4n) is 1.24. The SMILES string of the molecule is Cc1oc(CNC(=O)NCC(F)F)cc1C(=O)O. The maximum Gasteiger partial charge on any atom is 0.339 e. The van der Waals surface area contributed by atoms with E-state index in [1.165, 1.54) is 13.0 Å². The lowest BCUT2D eigenvalue weighted by atomic mass is 10.2. The lowest BCUT2D eigenvalue weighted by Gasteiger charge is -2.05. The van der Waals surface area contributed by atoms with Crippen LogP contribution >= 0.6 is 0 Å². The number of hydrogen-bond donors (Lipinski definition) is 3. The van der Waals surface area contributed by atoms with Crippen molar-refractivity contribution in [3.05, 3.63) is 23.2 Å². The molecule has 1 aromatic rings. The Bertz CT molecular complexity index is 445. The number of alkyl halides is 2. The molecule has 1 rings (SSSR count). The number of hydrogen-bond acceptors (Lipinski definition) is 3. The van der Waals surface area contributed by atoms with Gasteiger partial charge >= 0.3 is 12.0 Å². The van der Waals surface area contributed by atoms with Crippen LogP contribution < -0.4 is 10.6 Å². The molecule has 0 unspecified atom stereocenters. The highest BCUT2D eigenvalue weighted by Crippen LogP contribution is 2.14. The van der Waals surface area contributed by atoms with Gasteiger partial charge in [-0.05, 0) is 13.0 Å². The van der Waals surface area contributed by atoms with E-state index in [2.05, 4.69) is 5.32 Å². The first-order valence-electron chi connectivity index (χ1n) is 5.02. The molecule has 0 spiro atoms. The first-order chi connectivity index (χ1) is 8.40. The molecule has 2 amide bonds. The van der Waals surface area contributed by atoms with E-state index >= 15 is 0 Å². The highest BCUT2D eigenvalue weighted by atomic mass is 19.3. The van der Waals surface area contributed by atoms with Crippen LogP contribution in [0.15, 0.2) is 10.5 Å². The largest absolute Gasteiger partial charge is 0.478 e. The number of nitrogens with one attached hydrogen (secondary N) is 2. The van der Waals surface area contributed by atoms with Crippen molar-refractivity contribution in [3.8, 4) is 0 Å². The lowest BCUT2D eigenvalue weighted by molar-refractivity contribution is 0.0695. The molecule has 0 radical (unpaired) electrons. The molecule has 6 nitrogen and oxygen atoms in total. The normalized spacial score (nSPS) is 10.4. The van der Waals surface area contributed by atoms with Gasteiger partial charge in [-0.2, -0.15) is 0 Å². The van der Waals surface area contributed by atoms with Crippen molar-refractivity contribution in [2.45, 2.75) is 19.9 Å². The first kappa shape index (κ1) is 13.9. The van der Waals surface area contributed by atoms with E-state index in [9.17, 15) is 18.4 Å². The fraction of sp³-hybridized carbons (Fsp3) is 0.400. The van der Waals surface area contributed by atoms with Crippen LogP contribution in [0.5, 0.6) is 0 Å².